The minimum Gasteiger partial charge on any atom is -0.360 e. The number of H-pyrrole nitrogens is 1. The number of benzene rings is 1. The largest absolute Gasteiger partial charge is 0.360 e. The number of carbonyl (C=O) groups is 1. The Labute approximate surface area is 132 Å². The van der Waals surface area contributed by atoms with E-state index in [-0.39, 0.29) is 5.91 Å². The molecule has 1 aromatic carbocycles. The predicted molar refractivity (Wildman–Crippen MR) is 85.1 cm³/mol. The second-order valence-electron chi connectivity index (χ2n) is 5.64. The highest BCUT2D eigenvalue weighted by atomic mass is 16.5. The van der Waals surface area contributed by atoms with E-state index in [1.54, 1.807) is 6.20 Å². The molecule has 2 N–H and O–H groups in total. The van der Waals surface area contributed by atoms with E-state index < -0.39 is 0 Å². The van der Waals surface area contributed by atoms with E-state index in [4.69, 9.17) is 4.52 Å². The number of aromatic amines is 1. The molecule has 0 radical (unpaired) electrons. The Bertz CT molecular complexity index is 819. The summed E-state index contributed by atoms with van der Waals surface area (Å²) >= 11 is 0. The molecule has 1 aliphatic rings. The van der Waals surface area contributed by atoms with Gasteiger partial charge < -0.3 is 9.84 Å². The summed E-state index contributed by atoms with van der Waals surface area (Å²) in [6, 6.07) is 9.49. The van der Waals surface area contributed by atoms with Crippen LogP contribution in [0.5, 0.6) is 0 Å². The number of amides is 1. The molecule has 1 amide bonds. The lowest BCUT2D eigenvalue weighted by Gasteiger charge is -2.09. The van der Waals surface area contributed by atoms with Gasteiger partial charge in [-0.2, -0.15) is 5.10 Å². The van der Waals surface area contributed by atoms with Crippen molar-refractivity contribution in [2.45, 2.75) is 25.7 Å². The Morgan fingerprint density at radius 3 is 2.74 bits per heavy atom. The van der Waals surface area contributed by atoms with E-state index in [0.717, 1.165) is 54.0 Å². The quantitative estimate of drug-likeness (QED) is 0.778. The summed E-state index contributed by atoms with van der Waals surface area (Å²) < 4.78 is 5.29. The fraction of sp³-hybridized carbons (Fsp3) is 0.235. The number of aromatic nitrogens is 3. The topological polar surface area (TPSA) is 83.8 Å². The summed E-state index contributed by atoms with van der Waals surface area (Å²) in [5.74, 6) is 0.641. The molecule has 0 saturated heterocycles. The van der Waals surface area contributed by atoms with Crippen molar-refractivity contribution in [1.82, 2.24) is 15.4 Å². The van der Waals surface area contributed by atoms with Crippen molar-refractivity contribution < 1.29 is 9.32 Å². The van der Waals surface area contributed by atoms with E-state index >= 15 is 0 Å². The molecule has 0 aliphatic heterocycles. The van der Waals surface area contributed by atoms with Crippen molar-refractivity contribution in [3.8, 4) is 11.3 Å². The summed E-state index contributed by atoms with van der Waals surface area (Å²) in [7, 11) is 0. The highest BCUT2D eigenvalue weighted by molar-refractivity contribution is 6.04. The highest BCUT2D eigenvalue weighted by Crippen LogP contribution is 2.25. The van der Waals surface area contributed by atoms with Gasteiger partial charge in [0.05, 0.1) is 5.69 Å². The molecule has 6 nitrogen and oxygen atoms in total. The molecule has 0 atom stereocenters. The van der Waals surface area contributed by atoms with Crippen molar-refractivity contribution in [1.29, 1.82) is 0 Å². The maximum Gasteiger partial charge on any atom is 0.278 e. The van der Waals surface area contributed by atoms with Crippen LogP contribution in [0.1, 0.15) is 34.7 Å². The summed E-state index contributed by atoms with van der Waals surface area (Å²) in [5, 5.41) is 13.7. The summed E-state index contributed by atoms with van der Waals surface area (Å²) in [6.07, 6.45) is 5.61. The first-order valence-electron chi connectivity index (χ1n) is 7.70. The number of rotatable bonds is 3. The van der Waals surface area contributed by atoms with Gasteiger partial charge in [-0.3, -0.25) is 9.89 Å². The number of hydrogen-bond acceptors (Lipinski definition) is 4. The van der Waals surface area contributed by atoms with Crippen molar-refractivity contribution in [2.75, 3.05) is 5.32 Å². The fourth-order valence-corrected chi connectivity index (χ4v) is 2.90. The third-order valence-corrected chi connectivity index (χ3v) is 4.12. The number of fused-ring (bicyclic) bond motifs is 1. The second kappa shape index (κ2) is 5.72. The minimum absolute atomic E-state index is 0.216. The molecule has 0 saturated carbocycles. The number of carbonyl (C=O) groups excluding carboxylic acids is 1. The molecule has 6 heteroatoms. The smallest absolute Gasteiger partial charge is 0.278 e. The second-order valence-corrected chi connectivity index (χ2v) is 5.64. The van der Waals surface area contributed by atoms with Crippen LogP contribution in [-0.2, 0) is 12.8 Å². The van der Waals surface area contributed by atoms with Crippen molar-refractivity contribution in [3.05, 3.63) is 53.5 Å². The average Bonchev–Trinajstić information content (AvgIpc) is 3.25. The van der Waals surface area contributed by atoms with E-state index in [0.29, 0.717) is 5.69 Å². The molecule has 0 bridgehead atoms. The Balaban J connectivity index is 1.51. The van der Waals surface area contributed by atoms with Crippen molar-refractivity contribution >= 4 is 11.6 Å². The van der Waals surface area contributed by atoms with Crippen LogP contribution in [0.15, 0.2) is 41.1 Å². The monoisotopic (exact) mass is 308 g/mol. The van der Waals surface area contributed by atoms with Gasteiger partial charge in [-0.25, -0.2) is 0 Å². The molecule has 1 aliphatic carbocycles. The molecule has 3 aromatic rings. The normalized spacial score (nSPS) is 13.6. The zero-order valence-corrected chi connectivity index (χ0v) is 12.5. The Kier molecular flexibility index (Phi) is 3.42. The van der Waals surface area contributed by atoms with Crippen LogP contribution in [0, 0.1) is 0 Å². The molecule has 0 spiro atoms. The Hall–Kier alpha value is -2.89. The van der Waals surface area contributed by atoms with Crippen LogP contribution in [-0.4, -0.2) is 21.3 Å². The fourth-order valence-electron chi connectivity index (χ4n) is 2.90. The van der Waals surface area contributed by atoms with Gasteiger partial charge in [0.15, 0.2) is 5.69 Å². The van der Waals surface area contributed by atoms with Crippen LogP contribution >= 0.6 is 0 Å². The Morgan fingerprint density at radius 1 is 1.13 bits per heavy atom. The molecule has 2 heterocycles. The number of hydrogen-bond donors (Lipinski definition) is 2. The first-order valence-corrected chi connectivity index (χ1v) is 7.70. The van der Waals surface area contributed by atoms with E-state index in [1.807, 2.05) is 30.3 Å². The summed E-state index contributed by atoms with van der Waals surface area (Å²) in [4.78, 5) is 12.4. The first-order chi connectivity index (χ1) is 11.3. The van der Waals surface area contributed by atoms with Crippen LogP contribution in [0.3, 0.4) is 0 Å². The number of anilines is 1. The van der Waals surface area contributed by atoms with E-state index in [2.05, 4.69) is 20.7 Å². The lowest BCUT2D eigenvalue weighted by molar-refractivity contribution is 0.101. The summed E-state index contributed by atoms with van der Waals surface area (Å²) in [6.45, 7) is 0. The van der Waals surface area contributed by atoms with Crippen LogP contribution in [0.2, 0.25) is 0 Å². The molecule has 23 heavy (non-hydrogen) atoms. The zero-order valence-electron chi connectivity index (χ0n) is 12.5. The number of nitrogens with zero attached hydrogens (tertiary/aromatic N) is 2. The van der Waals surface area contributed by atoms with Gasteiger partial charge in [-0.1, -0.05) is 17.3 Å². The Morgan fingerprint density at radius 2 is 1.96 bits per heavy atom. The van der Waals surface area contributed by atoms with Gasteiger partial charge in [0.25, 0.3) is 5.91 Å². The third kappa shape index (κ3) is 2.63. The SMILES string of the molecule is O=C(Nc1ccc(-c2ccn[nH]2)cc1)c1noc2c1CCCC2. The number of aryl methyl sites for hydroxylation is 1. The molecule has 116 valence electrons. The maximum absolute atomic E-state index is 12.4. The van der Waals surface area contributed by atoms with Gasteiger partial charge >= 0.3 is 0 Å². The standard InChI is InChI=1S/C17H16N4O2/c22-17(16-13-3-1-2-4-15(13)23-21-16)19-12-7-5-11(6-8-12)14-9-10-18-20-14/h5-10H,1-4H2,(H,18,20)(H,19,22). The third-order valence-electron chi connectivity index (χ3n) is 4.12. The maximum atomic E-state index is 12.4. The lowest BCUT2D eigenvalue weighted by Crippen LogP contribution is -2.15. The van der Waals surface area contributed by atoms with E-state index in [1.165, 1.54) is 0 Å². The average molecular weight is 308 g/mol. The van der Waals surface area contributed by atoms with Crippen LogP contribution in [0.4, 0.5) is 5.69 Å². The minimum atomic E-state index is -0.216. The lowest BCUT2D eigenvalue weighted by atomic mass is 9.96. The molecule has 2 aromatic heterocycles. The van der Waals surface area contributed by atoms with Gasteiger partial charge in [0, 0.05) is 23.9 Å². The molecule has 0 unspecified atom stereocenters. The molecular formula is C17H16N4O2. The van der Waals surface area contributed by atoms with E-state index in [9.17, 15) is 4.79 Å². The van der Waals surface area contributed by atoms with Crippen LogP contribution in [0.25, 0.3) is 11.3 Å². The van der Waals surface area contributed by atoms with Crippen molar-refractivity contribution in [3.63, 3.8) is 0 Å². The molecular weight excluding hydrogens is 292 g/mol. The predicted octanol–water partition coefficient (Wildman–Crippen LogP) is 3.20. The van der Waals surface area contributed by atoms with Gasteiger partial charge in [-0.15, -0.1) is 0 Å². The van der Waals surface area contributed by atoms with Crippen LogP contribution < -0.4 is 5.32 Å². The van der Waals surface area contributed by atoms with Crippen molar-refractivity contribution in [2.24, 2.45) is 0 Å². The number of nitrogens with one attached hydrogen (secondary N) is 2. The van der Waals surface area contributed by atoms with Gasteiger partial charge in [0.2, 0.25) is 0 Å². The molecule has 0 fully saturated rings. The first kappa shape index (κ1) is 13.8. The summed E-state index contributed by atoms with van der Waals surface area (Å²) in [5.41, 5.74) is 4.05. The van der Waals surface area contributed by atoms with Gasteiger partial charge in [0.1, 0.15) is 5.76 Å². The van der Waals surface area contributed by atoms with Gasteiger partial charge in [-0.05, 0) is 43.0 Å². The molecule has 4 rings (SSSR count). The highest BCUT2D eigenvalue weighted by Gasteiger charge is 2.23. The zero-order chi connectivity index (χ0) is 15.6.